The van der Waals surface area contributed by atoms with E-state index in [9.17, 15) is 13.2 Å². The number of fused-ring (bicyclic) bond motifs is 1. The van der Waals surface area contributed by atoms with Gasteiger partial charge in [0.25, 0.3) is 0 Å². The minimum Gasteiger partial charge on any atom is -0.373 e. The zero-order valence-electron chi connectivity index (χ0n) is 14.9. The molecule has 0 aromatic heterocycles. The summed E-state index contributed by atoms with van der Waals surface area (Å²) in [6.45, 7) is 8.00. The minimum atomic E-state index is -4.42. The lowest BCUT2D eigenvalue weighted by Gasteiger charge is -2.29. The number of halogens is 4. The van der Waals surface area contributed by atoms with Crippen molar-refractivity contribution in [2.24, 2.45) is 5.73 Å². The second kappa shape index (κ2) is 8.21. The third kappa shape index (κ3) is 4.39. The maximum absolute atomic E-state index is 13.0. The topological polar surface area (TPSA) is 48.8 Å². The van der Waals surface area contributed by atoms with Crippen LogP contribution in [0.25, 0.3) is 4.85 Å². The monoisotopic (exact) mass is 454 g/mol. The summed E-state index contributed by atoms with van der Waals surface area (Å²) in [5.74, 6) is 0. The molecule has 3 rings (SSSR count). The van der Waals surface area contributed by atoms with E-state index in [-0.39, 0.29) is 13.2 Å². The fraction of sp³-hybridized carbons (Fsp3) is 0.350. The lowest BCUT2D eigenvalue weighted by molar-refractivity contribution is -0.137. The summed E-state index contributed by atoms with van der Waals surface area (Å²) in [6, 6.07) is 9.04. The number of nitrogens with zero attached hydrogens (tertiary/aromatic N) is 1. The highest BCUT2D eigenvalue weighted by Crippen LogP contribution is 2.41. The first kappa shape index (κ1) is 20.8. The zero-order valence-corrected chi connectivity index (χ0v) is 16.4. The van der Waals surface area contributed by atoms with Gasteiger partial charge in [0.2, 0.25) is 0 Å². The highest BCUT2D eigenvalue weighted by Gasteiger charge is 2.40. The molecule has 0 saturated carbocycles. The Bertz CT molecular complexity index is 911. The summed E-state index contributed by atoms with van der Waals surface area (Å²) < 4.78 is 51.1. The molecule has 0 bridgehead atoms. The van der Waals surface area contributed by atoms with Gasteiger partial charge in [-0.25, -0.2) is 4.85 Å². The molecule has 0 radical (unpaired) electrons. The Labute approximate surface area is 169 Å². The number of nitrogens with two attached hydrogens (primary N) is 1. The summed E-state index contributed by atoms with van der Waals surface area (Å²) in [6.07, 6.45) is -3.92. The molecule has 1 heterocycles. The van der Waals surface area contributed by atoms with Gasteiger partial charge in [0.15, 0.2) is 5.69 Å². The van der Waals surface area contributed by atoms with E-state index in [1.165, 1.54) is 0 Å². The molecule has 2 aromatic rings. The predicted octanol–water partition coefficient (Wildman–Crippen LogP) is 5.31. The lowest BCUT2D eigenvalue weighted by Crippen LogP contribution is -2.34. The van der Waals surface area contributed by atoms with Crippen molar-refractivity contribution in [3.8, 4) is 0 Å². The highest BCUT2D eigenvalue weighted by atomic mass is 79.9. The van der Waals surface area contributed by atoms with Crippen LogP contribution in [0.15, 0.2) is 40.9 Å². The molecule has 1 unspecified atom stereocenters. The van der Waals surface area contributed by atoms with Gasteiger partial charge in [-0.15, -0.1) is 0 Å². The van der Waals surface area contributed by atoms with Gasteiger partial charge in [0.1, 0.15) is 5.60 Å². The van der Waals surface area contributed by atoms with Crippen LogP contribution in [0.4, 0.5) is 18.9 Å². The van der Waals surface area contributed by atoms with Crippen LogP contribution in [0.1, 0.15) is 28.7 Å². The molecule has 0 amide bonds. The van der Waals surface area contributed by atoms with E-state index in [1.54, 1.807) is 18.2 Å². The molecule has 148 valence electrons. The van der Waals surface area contributed by atoms with Crippen LogP contribution in [0, 0.1) is 6.57 Å². The van der Waals surface area contributed by atoms with Crippen molar-refractivity contribution in [3.05, 3.63) is 74.5 Å². The van der Waals surface area contributed by atoms with Crippen molar-refractivity contribution < 1.29 is 22.6 Å². The second-order valence-electron chi connectivity index (χ2n) is 6.61. The Kier molecular flexibility index (Phi) is 6.10. The Morgan fingerprint density at radius 1 is 1.25 bits per heavy atom. The van der Waals surface area contributed by atoms with Crippen molar-refractivity contribution in [3.63, 3.8) is 0 Å². The van der Waals surface area contributed by atoms with Crippen LogP contribution < -0.4 is 5.73 Å². The SMILES string of the molecule is [C-]#[N+]c1ccc2c(c1)COC2(CCN)COCc1cc(Br)cc(C(F)(F)F)c1. The summed E-state index contributed by atoms with van der Waals surface area (Å²) in [7, 11) is 0. The molecule has 1 aliphatic heterocycles. The van der Waals surface area contributed by atoms with E-state index in [4.69, 9.17) is 21.8 Å². The normalized spacial score (nSPS) is 18.7. The molecule has 4 nitrogen and oxygen atoms in total. The first-order chi connectivity index (χ1) is 13.3. The Morgan fingerprint density at radius 2 is 2.04 bits per heavy atom. The number of benzene rings is 2. The van der Waals surface area contributed by atoms with Crippen LogP contribution in [-0.2, 0) is 34.5 Å². The average Bonchev–Trinajstić information content (AvgIpc) is 2.99. The smallest absolute Gasteiger partial charge is 0.373 e. The first-order valence-electron chi connectivity index (χ1n) is 8.57. The van der Waals surface area contributed by atoms with Crippen LogP contribution >= 0.6 is 15.9 Å². The molecule has 0 aliphatic carbocycles. The van der Waals surface area contributed by atoms with Crippen LogP contribution in [-0.4, -0.2) is 13.2 Å². The lowest BCUT2D eigenvalue weighted by atomic mass is 9.89. The molecule has 2 aromatic carbocycles. The number of ether oxygens (including phenoxy) is 2. The van der Waals surface area contributed by atoms with Crippen molar-refractivity contribution in [2.45, 2.75) is 31.4 Å². The van der Waals surface area contributed by atoms with E-state index < -0.39 is 17.3 Å². The fourth-order valence-corrected chi connectivity index (χ4v) is 3.91. The molecule has 0 spiro atoms. The standard InChI is InChI=1S/C20H18BrF3N2O2/c1-26-17-2-3-18-14(8-17)11-28-19(18,4-5-25)12-27-10-13-6-15(20(22,23)24)9-16(21)7-13/h2-3,6-9H,4-5,10-12,25H2. The molecule has 1 aliphatic rings. The van der Waals surface area contributed by atoms with Crippen LogP contribution in [0.2, 0.25) is 0 Å². The third-order valence-corrected chi connectivity index (χ3v) is 5.11. The van der Waals surface area contributed by atoms with E-state index in [0.29, 0.717) is 35.3 Å². The van der Waals surface area contributed by atoms with Crippen LogP contribution in [0.3, 0.4) is 0 Å². The maximum atomic E-state index is 13.0. The van der Waals surface area contributed by atoms with Crippen molar-refractivity contribution in [1.82, 2.24) is 0 Å². The van der Waals surface area contributed by atoms with Gasteiger partial charge in [-0.1, -0.05) is 34.1 Å². The Hall–Kier alpha value is -1.92. The van der Waals surface area contributed by atoms with Gasteiger partial charge in [-0.2, -0.15) is 13.2 Å². The maximum Gasteiger partial charge on any atom is 0.416 e. The minimum absolute atomic E-state index is 0.00761. The molecule has 2 N–H and O–H groups in total. The molecular weight excluding hydrogens is 437 g/mol. The molecule has 0 fully saturated rings. The van der Waals surface area contributed by atoms with Gasteiger partial charge < -0.3 is 15.2 Å². The number of hydrogen-bond donors (Lipinski definition) is 1. The second-order valence-corrected chi connectivity index (χ2v) is 7.53. The van der Waals surface area contributed by atoms with E-state index in [1.807, 2.05) is 6.07 Å². The summed E-state index contributed by atoms with van der Waals surface area (Å²) in [5.41, 5.74) is 7.03. The third-order valence-electron chi connectivity index (χ3n) is 4.65. The molecule has 1 atom stereocenters. The number of hydrogen-bond acceptors (Lipinski definition) is 3. The first-order valence-corrected chi connectivity index (χ1v) is 9.36. The van der Waals surface area contributed by atoms with E-state index in [2.05, 4.69) is 20.8 Å². The van der Waals surface area contributed by atoms with Gasteiger partial charge in [-0.3, -0.25) is 0 Å². The highest BCUT2D eigenvalue weighted by molar-refractivity contribution is 9.10. The van der Waals surface area contributed by atoms with Gasteiger partial charge in [-0.05, 0) is 47.9 Å². The number of rotatable bonds is 6. The quantitative estimate of drug-likeness (QED) is 0.601. The molecule has 0 saturated heterocycles. The molecular formula is C20H18BrF3N2O2. The van der Waals surface area contributed by atoms with Crippen molar-refractivity contribution in [2.75, 3.05) is 13.2 Å². The zero-order chi connectivity index (χ0) is 20.4. The molecule has 8 heteroatoms. The average molecular weight is 455 g/mol. The van der Waals surface area contributed by atoms with Crippen LogP contribution in [0.5, 0.6) is 0 Å². The fourth-order valence-electron chi connectivity index (χ4n) is 3.37. The van der Waals surface area contributed by atoms with E-state index in [0.717, 1.165) is 23.3 Å². The largest absolute Gasteiger partial charge is 0.416 e. The van der Waals surface area contributed by atoms with Gasteiger partial charge in [0, 0.05) is 4.47 Å². The van der Waals surface area contributed by atoms with E-state index >= 15 is 0 Å². The van der Waals surface area contributed by atoms with Crippen molar-refractivity contribution in [1.29, 1.82) is 0 Å². The summed E-state index contributed by atoms with van der Waals surface area (Å²) in [5, 5.41) is 0. The Morgan fingerprint density at radius 3 is 2.71 bits per heavy atom. The van der Waals surface area contributed by atoms with Gasteiger partial charge >= 0.3 is 6.18 Å². The van der Waals surface area contributed by atoms with Crippen molar-refractivity contribution >= 4 is 21.6 Å². The molecule has 28 heavy (non-hydrogen) atoms. The number of alkyl halides is 3. The predicted molar refractivity (Wildman–Crippen MR) is 102 cm³/mol. The summed E-state index contributed by atoms with van der Waals surface area (Å²) >= 11 is 3.11. The summed E-state index contributed by atoms with van der Waals surface area (Å²) in [4.78, 5) is 3.42. The Balaban J connectivity index is 1.77. The van der Waals surface area contributed by atoms with Gasteiger partial charge in [0.05, 0.1) is 32.0 Å².